The summed E-state index contributed by atoms with van der Waals surface area (Å²) in [5, 5.41) is 2.89. The molecule has 1 aromatic rings. The zero-order valence-electron chi connectivity index (χ0n) is 14.9. The maximum absolute atomic E-state index is 12.4. The molecule has 0 spiro atoms. The molecule has 6 heteroatoms. The molecule has 1 heterocycles. The van der Waals surface area contributed by atoms with Gasteiger partial charge in [0.1, 0.15) is 6.10 Å². The van der Waals surface area contributed by atoms with Crippen LogP contribution in [0, 0.1) is 0 Å². The van der Waals surface area contributed by atoms with Gasteiger partial charge in [-0.15, -0.1) is 6.58 Å². The van der Waals surface area contributed by atoms with Gasteiger partial charge in [-0.25, -0.2) is 4.79 Å². The Morgan fingerprint density at radius 3 is 2.72 bits per heavy atom. The lowest BCUT2D eigenvalue weighted by Crippen LogP contribution is -2.29. The van der Waals surface area contributed by atoms with Crippen molar-refractivity contribution in [3.05, 3.63) is 36.4 Å². The average molecular weight is 346 g/mol. The predicted octanol–water partition coefficient (Wildman–Crippen LogP) is 2.99. The Balaban J connectivity index is 2.18. The third-order valence-electron chi connectivity index (χ3n) is 4.18. The average Bonchev–Trinajstić information content (AvgIpc) is 3.15. The van der Waals surface area contributed by atoms with Crippen molar-refractivity contribution >= 4 is 23.3 Å². The number of carbonyl (C=O) groups excluding carboxylic acids is 2. The van der Waals surface area contributed by atoms with E-state index in [4.69, 9.17) is 9.47 Å². The molecule has 0 saturated carbocycles. The molecule has 136 valence electrons. The first-order chi connectivity index (χ1) is 12.1. The van der Waals surface area contributed by atoms with E-state index in [1.54, 1.807) is 25.1 Å². The topological polar surface area (TPSA) is 67.9 Å². The fraction of sp³-hybridized carbons (Fsp3) is 0.474. The van der Waals surface area contributed by atoms with Gasteiger partial charge < -0.3 is 19.7 Å². The van der Waals surface area contributed by atoms with Crippen molar-refractivity contribution in [2.45, 2.75) is 32.3 Å². The maximum atomic E-state index is 12.4. The van der Waals surface area contributed by atoms with E-state index in [-0.39, 0.29) is 5.91 Å². The molecule has 25 heavy (non-hydrogen) atoms. The van der Waals surface area contributed by atoms with Crippen molar-refractivity contribution in [2.75, 3.05) is 37.0 Å². The van der Waals surface area contributed by atoms with E-state index < -0.39 is 12.1 Å². The Morgan fingerprint density at radius 1 is 1.36 bits per heavy atom. The van der Waals surface area contributed by atoms with Crippen LogP contribution in [-0.4, -0.2) is 44.8 Å². The summed E-state index contributed by atoms with van der Waals surface area (Å²) in [6.07, 6.45) is 4.08. The third-order valence-corrected chi connectivity index (χ3v) is 4.18. The van der Waals surface area contributed by atoms with Gasteiger partial charge in [-0.1, -0.05) is 6.08 Å². The lowest BCUT2D eigenvalue weighted by Gasteiger charge is -2.23. The second-order valence-corrected chi connectivity index (χ2v) is 6.00. The van der Waals surface area contributed by atoms with Crippen molar-refractivity contribution in [3.63, 3.8) is 0 Å². The summed E-state index contributed by atoms with van der Waals surface area (Å²) in [7, 11) is 1.34. The third kappa shape index (κ3) is 5.06. The molecular formula is C19H26N2O4. The van der Waals surface area contributed by atoms with E-state index in [0.717, 1.165) is 31.6 Å². The summed E-state index contributed by atoms with van der Waals surface area (Å²) in [5.41, 5.74) is 1.92. The Morgan fingerprint density at radius 2 is 2.08 bits per heavy atom. The van der Waals surface area contributed by atoms with Crippen LogP contribution in [0.15, 0.2) is 30.9 Å². The largest absolute Gasteiger partial charge is 0.465 e. The molecular weight excluding hydrogens is 320 g/mol. The summed E-state index contributed by atoms with van der Waals surface area (Å²) >= 11 is 0. The van der Waals surface area contributed by atoms with Gasteiger partial charge in [0.15, 0.2) is 0 Å². The summed E-state index contributed by atoms with van der Waals surface area (Å²) in [6.45, 7) is 7.65. The SMILES string of the molecule is C=CCCOC(C)C(=O)Nc1cc(C(=O)OC)ccc1N1CCCC1. The van der Waals surface area contributed by atoms with Gasteiger partial charge in [0, 0.05) is 13.1 Å². The maximum Gasteiger partial charge on any atom is 0.337 e. The van der Waals surface area contributed by atoms with Crippen LogP contribution in [0.4, 0.5) is 11.4 Å². The van der Waals surface area contributed by atoms with Crippen molar-refractivity contribution in [1.29, 1.82) is 0 Å². The summed E-state index contributed by atoms with van der Waals surface area (Å²) in [4.78, 5) is 26.4. The summed E-state index contributed by atoms with van der Waals surface area (Å²) in [6, 6.07) is 5.24. The Labute approximate surface area is 148 Å². The molecule has 1 saturated heterocycles. The van der Waals surface area contributed by atoms with E-state index in [0.29, 0.717) is 24.3 Å². The van der Waals surface area contributed by atoms with Crippen LogP contribution in [0.2, 0.25) is 0 Å². The van der Waals surface area contributed by atoms with Crippen LogP contribution >= 0.6 is 0 Å². The van der Waals surface area contributed by atoms with Gasteiger partial charge in [-0.05, 0) is 44.4 Å². The highest BCUT2D eigenvalue weighted by Gasteiger charge is 2.21. The van der Waals surface area contributed by atoms with E-state index >= 15 is 0 Å². The fourth-order valence-corrected chi connectivity index (χ4v) is 2.75. The molecule has 6 nitrogen and oxygen atoms in total. The van der Waals surface area contributed by atoms with E-state index in [9.17, 15) is 9.59 Å². The quantitative estimate of drug-likeness (QED) is 0.445. The van der Waals surface area contributed by atoms with Crippen molar-refractivity contribution in [2.24, 2.45) is 0 Å². The minimum atomic E-state index is -0.590. The molecule has 1 fully saturated rings. The van der Waals surface area contributed by atoms with Crippen LogP contribution in [0.1, 0.15) is 36.5 Å². The minimum absolute atomic E-state index is 0.244. The molecule has 0 aliphatic carbocycles. The van der Waals surface area contributed by atoms with Gasteiger partial charge in [0.05, 0.1) is 30.7 Å². The molecule has 0 radical (unpaired) electrons. The molecule has 1 atom stereocenters. The van der Waals surface area contributed by atoms with Crippen LogP contribution in [0.25, 0.3) is 0 Å². The number of carbonyl (C=O) groups is 2. The number of amides is 1. The second kappa shape index (κ2) is 9.22. The molecule has 1 aliphatic heterocycles. The van der Waals surface area contributed by atoms with Crippen LogP contribution in [0.5, 0.6) is 0 Å². The van der Waals surface area contributed by atoms with Gasteiger partial charge in [0.25, 0.3) is 5.91 Å². The van der Waals surface area contributed by atoms with E-state index in [2.05, 4.69) is 16.8 Å². The Kier molecular flexibility index (Phi) is 7.01. The number of esters is 1. The van der Waals surface area contributed by atoms with Crippen molar-refractivity contribution in [1.82, 2.24) is 0 Å². The second-order valence-electron chi connectivity index (χ2n) is 6.00. The first-order valence-electron chi connectivity index (χ1n) is 8.57. The molecule has 1 N–H and O–H groups in total. The number of benzene rings is 1. The minimum Gasteiger partial charge on any atom is -0.465 e. The molecule has 1 aliphatic rings. The first-order valence-corrected chi connectivity index (χ1v) is 8.57. The zero-order chi connectivity index (χ0) is 18.2. The molecule has 0 bridgehead atoms. The van der Waals surface area contributed by atoms with Crippen LogP contribution in [-0.2, 0) is 14.3 Å². The Hall–Kier alpha value is -2.34. The van der Waals surface area contributed by atoms with Crippen LogP contribution < -0.4 is 10.2 Å². The number of hydrogen-bond acceptors (Lipinski definition) is 5. The molecule has 0 aromatic heterocycles. The number of nitrogens with one attached hydrogen (secondary N) is 1. The van der Waals surface area contributed by atoms with E-state index in [1.807, 2.05) is 6.07 Å². The lowest BCUT2D eigenvalue weighted by atomic mass is 10.1. The lowest BCUT2D eigenvalue weighted by molar-refractivity contribution is -0.126. The van der Waals surface area contributed by atoms with Crippen molar-refractivity contribution < 1.29 is 19.1 Å². The highest BCUT2D eigenvalue weighted by Crippen LogP contribution is 2.30. The summed E-state index contributed by atoms with van der Waals surface area (Å²) in [5.74, 6) is -0.676. The van der Waals surface area contributed by atoms with Gasteiger partial charge in [-0.2, -0.15) is 0 Å². The normalized spacial score (nSPS) is 14.9. The smallest absolute Gasteiger partial charge is 0.337 e. The molecule has 1 amide bonds. The molecule has 1 unspecified atom stereocenters. The first kappa shape index (κ1) is 19.0. The van der Waals surface area contributed by atoms with E-state index in [1.165, 1.54) is 7.11 Å². The highest BCUT2D eigenvalue weighted by atomic mass is 16.5. The standard InChI is InChI=1S/C19H26N2O4/c1-4-5-12-25-14(2)18(22)20-16-13-15(19(23)24-3)8-9-17(16)21-10-6-7-11-21/h4,8-9,13-14H,1,5-7,10-12H2,2-3H3,(H,20,22). The van der Waals surface area contributed by atoms with Crippen molar-refractivity contribution in [3.8, 4) is 0 Å². The Bertz CT molecular complexity index is 624. The van der Waals surface area contributed by atoms with Gasteiger partial charge in [-0.3, -0.25) is 4.79 Å². The zero-order valence-corrected chi connectivity index (χ0v) is 14.9. The molecule has 2 rings (SSSR count). The number of ether oxygens (including phenoxy) is 2. The van der Waals surface area contributed by atoms with Crippen LogP contribution in [0.3, 0.4) is 0 Å². The number of anilines is 2. The fourth-order valence-electron chi connectivity index (χ4n) is 2.75. The predicted molar refractivity (Wildman–Crippen MR) is 98.1 cm³/mol. The number of nitrogens with zero attached hydrogens (tertiary/aromatic N) is 1. The highest BCUT2D eigenvalue weighted by molar-refractivity contribution is 5.99. The number of rotatable bonds is 8. The molecule has 1 aromatic carbocycles. The monoisotopic (exact) mass is 346 g/mol. The number of methoxy groups -OCH3 is 1. The summed E-state index contributed by atoms with van der Waals surface area (Å²) < 4.78 is 10.3. The number of hydrogen-bond donors (Lipinski definition) is 1. The van der Waals surface area contributed by atoms with Gasteiger partial charge in [0.2, 0.25) is 0 Å². The van der Waals surface area contributed by atoms with Gasteiger partial charge >= 0.3 is 5.97 Å².